The zero-order chi connectivity index (χ0) is 11.7. The zero-order valence-electron chi connectivity index (χ0n) is 8.92. The number of nitrogens with zero attached hydrogens (tertiary/aromatic N) is 1. The molecule has 0 aliphatic rings. The summed E-state index contributed by atoms with van der Waals surface area (Å²) < 4.78 is 5.35. The van der Waals surface area contributed by atoms with Crippen LogP contribution in [-0.4, -0.2) is 10.8 Å². The summed E-state index contributed by atoms with van der Waals surface area (Å²) in [5, 5.41) is 3.57. The van der Waals surface area contributed by atoms with E-state index in [0.29, 0.717) is 12.0 Å². The van der Waals surface area contributed by atoms with Gasteiger partial charge in [0, 0.05) is 17.0 Å². The number of hydrogen-bond acceptors (Lipinski definition) is 4. The molecule has 1 aromatic carbocycles. The normalized spacial score (nSPS) is 10.8. The first-order valence-corrected chi connectivity index (χ1v) is 6.10. The Morgan fingerprint density at radius 2 is 2.24 bits per heavy atom. The third-order valence-corrected chi connectivity index (χ3v) is 3.36. The molecule has 17 heavy (non-hydrogen) atoms. The first kappa shape index (κ1) is 10.2. The first-order valence-electron chi connectivity index (χ1n) is 5.22. The maximum absolute atomic E-state index is 12.1. The molecule has 3 nitrogen and oxygen atoms in total. The van der Waals surface area contributed by atoms with Gasteiger partial charge in [-0.3, -0.25) is 4.79 Å². The van der Waals surface area contributed by atoms with E-state index in [1.165, 1.54) is 17.6 Å². The van der Waals surface area contributed by atoms with Crippen molar-refractivity contribution in [1.29, 1.82) is 0 Å². The highest BCUT2D eigenvalue weighted by molar-refractivity contribution is 7.09. The predicted molar refractivity (Wildman–Crippen MR) is 66.4 cm³/mol. The highest BCUT2D eigenvalue weighted by atomic mass is 32.1. The van der Waals surface area contributed by atoms with E-state index in [0.717, 1.165) is 16.0 Å². The standard InChI is InChI=1S/C13H9NO2S/c15-11(7-13-14-5-6-17-13)10-8-16-12-4-2-1-3-9(10)12/h1-6,8H,7H2. The first-order chi connectivity index (χ1) is 8.34. The Bertz CT molecular complexity index is 655. The third kappa shape index (κ3) is 1.87. The number of fused-ring (bicyclic) bond motifs is 1. The van der Waals surface area contributed by atoms with Crippen LogP contribution in [0, 0.1) is 0 Å². The van der Waals surface area contributed by atoms with E-state index >= 15 is 0 Å². The Kier molecular flexibility index (Phi) is 2.49. The summed E-state index contributed by atoms with van der Waals surface area (Å²) in [7, 11) is 0. The summed E-state index contributed by atoms with van der Waals surface area (Å²) in [5.41, 5.74) is 1.38. The Morgan fingerprint density at radius 3 is 3.06 bits per heavy atom. The van der Waals surface area contributed by atoms with E-state index in [-0.39, 0.29) is 5.78 Å². The van der Waals surface area contributed by atoms with Crippen LogP contribution in [0.3, 0.4) is 0 Å². The van der Waals surface area contributed by atoms with Crippen LogP contribution in [0.25, 0.3) is 11.0 Å². The number of Topliss-reactive ketones (excluding diaryl/α,β-unsaturated/α-hetero) is 1. The monoisotopic (exact) mass is 243 g/mol. The fourth-order valence-corrected chi connectivity index (χ4v) is 2.38. The SMILES string of the molecule is O=C(Cc1nccs1)c1coc2ccccc12. The van der Waals surface area contributed by atoms with Crippen molar-refractivity contribution >= 4 is 28.1 Å². The van der Waals surface area contributed by atoms with Crippen LogP contribution in [-0.2, 0) is 6.42 Å². The number of rotatable bonds is 3. The lowest BCUT2D eigenvalue weighted by molar-refractivity contribution is 0.0993. The van der Waals surface area contributed by atoms with Crippen molar-refractivity contribution in [2.75, 3.05) is 0 Å². The van der Waals surface area contributed by atoms with Crippen LogP contribution in [0.1, 0.15) is 15.4 Å². The van der Waals surface area contributed by atoms with E-state index in [1.54, 1.807) is 6.20 Å². The average molecular weight is 243 g/mol. The summed E-state index contributed by atoms with van der Waals surface area (Å²) in [6.07, 6.45) is 3.57. The fourth-order valence-electron chi connectivity index (χ4n) is 1.77. The summed E-state index contributed by atoms with van der Waals surface area (Å²) in [5.74, 6) is 0.0462. The van der Waals surface area contributed by atoms with Crippen molar-refractivity contribution in [3.63, 3.8) is 0 Å². The summed E-state index contributed by atoms with van der Waals surface area (Å²) in [6, 6.07) is 7.54. The second kappa shape index (κ2) is 4.14. The Labute approximate surface area is 102 Å². The minimum absolute atomic E-state index is 0.0462. The number of aromatic nitrogens is 1. The van der Waals surface area contributed by atoms with Gasteiger partial charge in [0.15, 0.2) is 5.78 Å². The Hall–Kier alpha value is -1.94. The van der Waals surface area contributed by atoms with Gasteiger partial charge in [-0.05, 0) is 6.07 Å². The summed E-state index contributed by atoms with van der Waals surface area (Å²) in [4.78, 5) is 16.2. The molecule has 3 aromatic rings. The molecule has 0 fully saturated rings. The minimum Gasteiger partial charge on any atom is -0.464 e. The number of furan rings is 1. The van der Waals surface area contributed by atoms with Gasteiger partial charge in [-0.25, -0.2) is 4.98 Å². The minimum atomic E-state index is 0.0462. The lowest BCUT2D eigenvalue weighted by Gasteiger charge is -1.95. The highest BCUT2D eigenvalue weighted by Gasteiger charge is 2.14. The molecule has 0 spiro atoms. The number of carbonyl (C=O) groups excluding carboxylic acids is 1. The van der Waals surface area contributed by atoms with Gasteiger partial charge in [0.25, 0.3) is 0 Å². The highest BCUT2D eigenvalue weighted by Crippen LogP contribution is 2.22. The number of ketones is 1. The van der Waals surface area contributed by atoms with Crippen molar-refractivity contribution in [3.8, 4) is 0 Å². The zero-order valence-corrected chi connectivity index (χ0v) is 9.74. The molecule has 0 radical (unpaired) electrons. The fraction of sp³-hybridized carbons (Fsp3) is 0.0769. The van der Waals surface area contributed by atoms with E-state index in [2.05, 4.69) is 4.98 Å². The molecular formula is C13H9NO2S. The van der Waals surface area contributed by atoms with Gasteiger partial charge < -0.3 is 4.42 Å². The van der Waals surface area contributed by atoms with Crippen LogP contribution < -0.4 is 0 Å². The third-order valence-electron chi connectivity index (χ3n) is 2.58. The van der Waals surface area contributed by atoms with Crippen LogP contribution in [0.2, 0.25) is 0 Å². The second-order valence-electron chi connectivity index (χ2n) is 3.67. The van der Waals surface area contributed by atoms with E-state index in [4.69, 9.17) is 4.42 Å². The van der Waals surface area contributed by atoms with Crippen LogP contribution in [0.5, 0.6) is 0 Å². The summed E-state index contributed by atoms with van der Waals surface area (Å²) >= 11 is 1.49. The van der Waals surface area contributed by atoms with Gasteiger partial charge in [-0.1, -0.05) is 18.2 Å². The molecule has 0 atom stereocenters. The van der Waals surface area contributed by atoms with Crippen molar-refractivity contribution < 1.29 is 9.21 Å². The number of thiazole rings is 1. The van der Waals surface area contributed by atoms with Gasteiger partial charge in [0.2, 0.25) is 0 Å². The molecule has 0 aliphatic carbocycles. The number of benzene rings is 1. The number of carbonyl (C=O) groups is 1. The van der Waals surface area contributed by atoms with Crippen LogP contribution in [0.15, 0.2) is 46.5 Å². The molecule has 0 bridgehead atoms. The number of para-hydroxylation sites is 1. The van der Waals surface area contributed by atoms with Gasteiger partial charge in [-0.15, -0.1) is 11.3 Å². The summed E-state index contributed by atoms with van der Waals surface area (Å²) in [6.45, 7) is 0. The second-order valence-corrected chi connectivity index (χ2v) is 4.65. The van der Waals surface area contributed by atoms with Gasteiger partial charge in [0.05, 0.1) is 12.0 Å². The Morgan fingerprint density at radius 1 is 1.35 bits per heavy atom. The quantitative estimate of drug-likeness (QED) is 0.663. The van der Waals surface area contributed by atoms with E-state index < -0.39 is 0 Å². The molecule has 0 amide bonds. The molecule has 0 saturated heterocycles. The molecule has 4 heteroatoms. The molecule has 0 N–H and O–H groups in total. The lowest BCUT2D eigenvalue weighted by Crippen LogP contribution is -2.02. The molecule has 0 aliphatic heterocycles. The average Bonchev–Trinajstić information content (AvgIpc) is 2.96. The Balaban J connectivity index is 1.96. The molecule has 2 aromatic heterocycles. The molecule has 3 rings (SSSR count). The molecule has 0 saturated carbocycles. The maximum atomic E-state index is 12.1. The molecule has 2 heterocycles. The largest absolute Gasteiger partial charge is 0.464 e. The van der Waals surface area contributed by atoms with E-state index in [1.807, 2.05) is 29.6 Å². The molecule has 84 valence electrons. The van der Waals surface area contributed by atoms with Crippen molar-refractivity contribution in [2.45, 2.75) is 6.42 Å². The van der Waals surface area contributed by atoms with Gasteiger partial charge in [-0.2, -0.15) is 0 Å². The van der Waals surface area contributed by atoms with Crippen molar-refractivity contribution in [1.82, 2.24) is 4.98 Å². The maximum Gasteiger partial charge on any atom is 0.173 e. The lowest BCUT2D eigenvalue weighted by atomic mass is 10.1. The molecule has 0 unspecified atom stereocenters. The van der Waals surface area contributed by atoms with Crippen LogP contribution >= 0.6 is 11.3 Å². The topological polar surface area (TPSA) is 43.1 Å². The van der Waals surface area contributed by atoms with E-state index in [9.17, 15) is 4.79 Å². The van der Waals surface area contributed by atoms with Gasteiger partial charge >= 0.3 is 0 Å². The molecular weight excluding hydrogens is 234 g/mol. The van der Waals surface area contributed by atoms with Crippen molar-refractivity contribution in [2.24, 2.45) is 0 Å². The predicted octanol–water partition coefficient (Wildman–Crippen LogP) is 3.31. The van der Waals surface area contributed by atoms with Crippen molar-refractivity contribution in [3.05, 3.63) is 52.7 Å². The smallest absolute Gasteiger partial charge is 0.173 e. The number of hydrogen-bond donors (Lipinski definition) is 0. The van der Waals surface area contributed by atoms with Gasteiger partial charge in [0.1, 0.15) is 16.9 Å². The van der Waals surface area contributed by atoms with Crippen LogP contribution in [0.4, 0.5) is 0 Å².